The Bertz CT molecular complexity index is 356. The molecular formula is C14H25N3. The van der Waals surface area contributed by atoms with Crippen LogP contribution >= 0.6 is 0 Å². The van der Waals surface area contributed by atoms with Gasteiger partial charge >= 0.3 is 0 Å². The van der Waals surface area contributed by atoms with Gasteiger partial charge in [0.2, 0.25) is 0 Å². The summed E-state index contributed by atoms with van der Waals surface area (Å²) < 4.78 is 2.30. The van der Waals surface area contributed by atoms with E-state index in [-0.39, 0.29) is 0 Å². The molecule has 2 atom stereocenters. The lowest BCUT2D eigenvalue weighted by atomic mass is 10.1. The number of hydrogen-bond donors (Lipinski definition) is 1. The summed E-state index contributed by atoms with van der Waals surface area (Å²) in [5.41, 5.74) is 2.64. The minimum absolute atomic E-state index is 0.574. The van der Waals surface area contributed by atoms with Crippen LogP contribution in [-0.4, -0.2) is 22.4 Å². The molecule has 3 heteroatoms. The van der Waals surface area contributed by atoms with E-state index < -0.39 is 0 Å². The van der Waals surface area contributed by atoms with Gasteiger partial charge in [-0.15, -0.1) is 0 Å². The molecule has 1 aromatic rings. The zero-order valence-corrected chi connectivity index (χ0v) is 11.4. The maximum absolute atomic E-state index is 4.79. The zero-order valence-electron chi connectivity index (χ0n) is 11.4. The lowest BCUT2D eigenvalue weighted by Crippen LogP contribution is -2.34. The molecule has 0 bridgehead atoms. The highest BCUT2D eigenvalue weighted by Crippen LogP contribution is 2.31. The fourth-order valence-corrected chi connectivity index (χ4v) is 2.95. The maximum atomic E-state index is 4.79. The molecule has 1 fully saturated rings. The van der Waals surface area contributed by atoms with Crippen LogP contribution in [0.15, 0.2) is 6.07 Å². The van der Waals surface area contributed by atoms with Crippen molar-refractivity contribution in [3.8, 4) is 0 Å². The van der Waals surface area contributed by atoms with Gasteiger partial charge in [0.1, 0.15) is 0 Å². The first-order chi connectivity index (χ1) is 8.30. The molecule has 96 valence electrons. The molecule has 0 radical (unpaired) electrons. The SMILES string of the molecule is CCNC1CCCC1n1nc(CC)cc1CC. The van der Waals surface area contributed by atoms with Crippen molar-refractivity contribution in [2.45, 2.75) is 65.0 Å². The Hall–Kier alpha value is -0.830. The van der Waals surface area contributed by atoms with Crippen LogP contribution in [0.25, 0.3) is 0 Å². The van der Waals surface area contributed by atoms with Gasteiger partial charge in [-0.2, -0.15) is 5.10 Å². The fraction of sp³-hybridized carbons (Fsp3) is 0.786. The highest BCUT2D eigenvalue weighted by molar-refractivity contribution is 5.12. The van der Waals surface area contributed by atoms with Gasteiger partial charge in [-0.1, -0.05) is 20.8 Å². The molecule has 2 unspecified atom stereocenters. The van der Waals surface area contributed by atoms with E-state index in [9.17, 15) is 0 Å². The summed E-state index contributed by atoms with van der Waals surface area (Å²) in [6.07, 6.45) is 6.02. The minimum atomic E-state index is 0.574. The summed E-state index contributed by atoms with van der Waals surface area (Å²) in [4.78, 5) is 0. The van der Waals surface area contributed by atoms with E-state index in [2.05, 4.69) is 36.8 Å². The fourth-order valence-electron chi connectivity index (χ4n) is 2.95. The number of hydrogen-bond acceptors (Lipinski definition) is 2. The molecule has 1 heterocycles. The second kappa shape index (κ2) is 5.67. The van der Waals surface area contributed by atoms with Gasteiger partial charge in [-0.05, 0) is 44.7 Å². The largest absolute Gasteiger partial charge is 0.312 e. The van der Waals surface area contributed by atoms with E-state index in [1.807, 2.05) is 0 Å². The molecule has 1 aliphatic carbocycles. The Balaban J connectivity index is 2.22. The summed E-state index contributed by atoms with van der Waals surface area (Å²) in [5, 5.41) is 8.40. The van der Waals surface area contributed by atoms with Crippen molar-refractivity contribution in [3.05, 3.63) is 17.5 Å². The van der Waals surface area contributed by atoms with E-state index in [4.69, 9.17) is 5.10 Å². The second-order valence-electron chi connectivity index (χ2n) is 4.94. The molecule has 0 spiro atoms. The minimum Gasteiger partial charge on any atom is -0.312 e. The monoisotopic (exact) mass is 235 g/mol. The molecule has 1 aliphatic rings. The van der Waals surface area contributed by atoms with Gasteiger partial charge in [0, 0.05) is 11.7 Å². The van der Waals surface area contributed by atoms with Crippen molar-refractivity contribution in [1.82, 2.24) is 15.1 Å². The molecule has 0 amide bonds. The third-order valence-corrected chi connectivity index (χ3v) is 3.85. The van der Waals surface area contributed by atoms with Crippen LogP contribution in [0.3, 0.4) is 0 Å². The molecule has 17 heavy (non-hydrogen) atoms. The number of aryl methyl sites for hydroxylation is 2. The van der Waals surface area contributed by atoms with E-state index in [1.54, 1.807) is 0 Å². The van der Waals surface area contributed by atoms with Crippen molar-refractivity contribution in [2.24, 2.45) is 0 Å². The molecule has 0 aromatic carbocycles. The van der Waals surface area contributed by atoms with Gasteiger partial charge in [-0.3, -0.25) is 4.68 Å². The summed E-state index contributed by atoms with van der Waals surface area (Å²) in [7, 11) is 0. The average molecular weight is 235 g/mol. The predicted molar refractivity (Wildman–Crippen MR) is 71.3 cm³/mol. The van der Waals surface area contributed by atoms with Crippen LogP contribution < -0.4 is 5.32 Å². The van der Waals surface area contributed by atoms with Crippen molar-refractivity contribution >= 4 is 0 Å². The predicted octanol–water partition coefficient (Wildman–Crippen LogP) is 2.71. The molecule has 1 saturated carbocycles. The van der Waals surface area contributed by atoms with Crippen molar-refractivity contribution in [1.29, 1.82) is 0 Å². The second-order valence-corrected chi connectivity index (χ2v) is 4.94. The first kappa shape index (κ1) is 12.6. The Morgan fingerprint density at radius 1 is 1.29 bits per heavy atom. The third kappa shape index (κ3) is 2.54. The van der Waals surface area contributed by atoms with Gasteiger partial charge in [0.15, 0.2) is 0 Å². The smallest absolute Gasteiger partial charge is 0.0675 e. The van der Waals surface area contributed by atoms with Crippen LogP contribution in [0.2, 0.25) is 0 Å². The van der Waals surface area contributed by atoms with E-state index in [1.165, 1.54) is 30.7 Å². The summed E-state index contributed by atoms with van der Waals surface area (Å²) in [6.45, 7) is 7.66. The molecule has 1 aromatic heterocycles. The van der Waals surface area contributed by atoms with E-state index >= 15 is 0 Å². The summed E-state index contributed by atoms with van der Waals surface area (Å²) >= 11 is 0. The normalized spacial score (nSPS) is 24.4. The number of nitrogens with zero attached hydrogens (tertiary/aromatic N) is 2. The van der Waals surface area contributed by atoms with Crippen LogP contribution in [0.1, 0.15) is 57.5 Å². The Kier molecular flexibility index (Phi) is 4.21. The lowest BCUT2D eigenvalue weighted by molar-refractivity contribution is 0.361. The van der Waals surface area contributed by atoms with E-state index in [0.29, 0.717) is 12.1 Å². The third-order valence-electron chi connectivity index (χ3n) is 3.85. The van der Waals surface area contributed by atoms with Gasteiger partial charge < -0.3 is 5.32 Å². The molecule has 2 rings (SSSR count). The number of rotatable bonds is 5. The van der Waals surface area contributed by atoms with Crippen LogP contribution in [0.4, 0.5) is 0 Å². The molecular weight excluding hydrogens is 210 g/mol. The number of nitrogens with one attached hydrogen (secondary N) is 1. The summed E-state index contributed by atoms with van der Waals surface area (Å²) in [6, 6.07) is 3.47. The molecule has 1 N–H and O–H groups in total. The van der Waals surface area contributed by atoms with Gasteiger partial charge in [0.25, 0.3) is 0 Å². The van der Waals surface area contributed by atoms with E-state index in [0.717, 1.165) is 19.4 Å². The molecule has 0 aliphatic heterocycles. The highest BCUT2D eigenvalue weighted by Gasteiger charge is 2.29. The molecule has 3 nitrogen and oxygen atoms in total. The standard InChI is InChI=1S/C14H25N3/c1-4-11-10-12(5-2)17(16-11)14-9-7-8-13(14)15-6-3/h10,13-15H,4-9H2,1-3H3. The highest BCUT2D eigenvalue weighted by atomic mass is 15.3. The zero-order chi connectivity index (χ0) is 12.3. The average Bonchev–Trinajstić information content (AvgIpc) is 2.94. The van der Waals surface area contributed by atoms with Crippen molar-refractivity contribution in [3.63, 3.8) is 0 Å². The van der Waals surface area contributed by atoms with Gasteiger partial charge in [-0.25, -0.2) is 0 Å². The first-order valence-corrected chi connectivity index (χ1v) is 7.10. The number of aromatic nitrogens is 2. The Labute approximate surface area is 105 Å². The van der Waals surface area contributed by atoms with Crippen molar-refractivity contribution < 1.29 is 0 Å². The first-order valence-electron chi connectivity index (χ1n) is 7.10. The van der Waals surface area contributed by atoms with Gasteiger partial charge in [0.05, 0.1) is 11.7 Å². The Morgan fingerprint density at radius 2 is 2.12 bits per heavy atom. The quantitative estimate of drug-likeness (QED) is 0.850. The Morgan fingerprint density at radius 3 is 2.76 bits per heavy atom. The molecule has 0 saturated heterocycles. The number of likely N-dealkylation sites (N-methyl/N-ethyl adjacent to an activating group) is 1. The van der Waals surface area contributed by atoms with Crippen LogP contribution in [0.5, 0.6) is 0 Å². The summed E-state index contributed by atoms with van der Waals surface area (Å²) in [5.74, 6) is 0. The lowest BCUT2D eigenvalue weighted by Gasteiger charge is -2.22. The van der Waals surface area contributed by atoms with Crippen LogP contribution in [0, 0.1) is 0 Å². The van der Waals surface area contributed by atoms with Crippen LogP contribution in [-0.2, 0) is 12.8 Å². The maximum Gasteiger partial charge on any atom is 0.0675 e. The van der Waals surface area contributed by atoms with Crippen molar-refractivity contribution in [2.75, 3.05) is 6.54 Å². The topological polar surface area (TPSA) is 29.9 Å².